The Labute approximate surface area is 124 Å². The highest BCUT2D eigenvalue weighted by Gasteiger charge is 2.04. The van der Waals surface area contributed by atoms with Crippen LogP contribution in [0.5, 0.6) is 17.2 Å². The van der Waals surface area contributed by atoms with Gasteiger partial charge < -0.3 is 14.8 Å². The maximum atomic E-state index is 11.5. The SMILES string of the molecule is CC(C)NC(=O)COc1ccc(Oc2ccccc2)cc1. The summed E-state index contributed by atoms with van der Waals surface area (Å²) in [5.74, 6) is 2.01. The molecule has 0 saturated carbocycles. The number of nitrogens with one attached hydrogen (secondary N) is 1. The summed E-state index contributed by atoms with van der Waals surface area (Å²) >= 11 is 0. The molecule has 21 heavy (non-hydrogen) atoms. The number of ether oxygens (including phenoxy) is 2. The average molecular weight is 285 g/mol. The Bertz CT molecular complexity index is 564. The molecule has 2 aromatic carbocycles. The third kappa shape index (κ3) is 5.18. The van der Waals surface area contributed by atoms with Gasteiger partial charge in [0.1, 0.15) is 17.2 Å². The molecule has 0 aliphatic carbocycles. The third-order valence-corrected chi connectivity index (χ3v) is 2.62. The molecule has 4 heteroatoms. The van der Waals surface area contributed by atoms with Gasteiger partial charge in [0.15, 0.2) is 6.61 Å². The van der Waals surface area contributed by atoms with E-state index in [9.17, 15) is 4.79 Å². The van der Waals surface area contributed by atoms with Gasteiger partial charge in [0.05, 0.1) is 0 Å². The summed E-state index contributed by atoms with van der Waals surface area (Å²) in [6.07, 6.45) is 0. The van der Waals surface area contributed by atoms with Gasteiger partial charge in [-0.2, -0.15) is 0 Å². The van der Waals surface area contributed by atoms with Crippen molar-refractivity contribution in [3.63, 3.8) is 0 Å². The molecular weight excluding hydrogens is 266 g/mol. The predicted molar refractivity (Wildman–Crippen MR) is 81.7 cm³/mol. The van der Waals surface area contributed by atoms with E-state index in [4.69, 9.17) is 9.47 Å². The second kappa shape index (κ2) is 7.33. The fourth-order valence-electron chi connectivity index (χ4n) is 1.74. The largest absolute Gasteiger partial charge is 0.484 e. The topological polar surface area (TPSA) is 47.6 Å². The molecule has 0 aromatic heterocycles. The first-order valence-electron chi connectivity index (χ1n) is 6.88. The van der Waals surface area contributed by atoms with E-state index in [1.165, 1.54) is 0 Å². The van der Waals surface area contributed by atoms with E-state index in [0.717, 1.165) is 11.5 Å². The number of amides is 1. The van der Waals surface area contributed by atoms with Gasteiger partial charge in [0, 0.05) is 6.04 Å². The molecule has 2 aromatic rings. The molecule has 4 nitrogen and oxygen atoms in total. The molecule has 0 bridgehead atoms. The number of carbonyl (C=O) groups excluding carboxylic acids is 1. The van der Waals surface area contributed by atoms with Crippen molar-refractivity contribution in [2.24, 2.45) is 0 Å². The van der Waals surface area contributed by atoms with E-state index in [0.29, 0.717) is 5.75 Å². The average Bonchev–Trinajstić information content (AvgIpc) is 2.47. The van der Waals surface area contributed by atoms with Crippen LogP contribution in [0.2, 0.25) is 0 Å². The minimum atomic E-state index is -0.130. The lowest BCUT2D eigenvalue weighted by molar-refractivity contribution is -0.123. The Kier molecular flexibility index (Phi) is 5.21. The van der Waals surface area contributed by atoms with Crippen LogP contribution in [-0.2, 0) is 4.79 Å². The maximum Gasteiger partial charge on any atom is 0.258 e. The minimum absolute atomic E-state index is 0.0110. The van der Waals surface area contributed by atoms with Gasteiger partial charge in [-0.15, -0.1) is 0 Å². The molecule has 1 amide bonds. The highest BCUT2D eigenvalue weighted by molar-refractivity contribution is 5.77. The minimum Gasteiger partial charge on any atom is -0.484 e. The van der Waals surface area contributed by atoms with Crippen LogP contribution in [0.25, 0.3) is 0 Å². The maximum absolute atomic E-state index is 11.5. The Morgan fingerprint density at radius 2 is 1.52 bits per heavy atom. The Morgan fingerprint density at radius 3 is 2.14 bits per heavy atom. The van der Waals surface area contributed by atoms with Gasteiger partial charge >= 0.3 is 0 Å². The van der Waals surface area contributed by atoms with Crippen LogP contribution >= 0.6 is 0 Å². The molecule has 0 aliphatic rings. The van der Waals surface area contributed by atoms with E-state index in [-0.39, 0.29) is 18.6 Å². The normalized spacial score (nSPS) is 10.2. The lowest BCUT2D eigenvalue weighted by Crippen LogP contribution is -2.34. The van der Waals surface area contributed by atoms with Crippen molar-refractivity contribution in [3.8, 4) is 17.2 Å². The summed E-state index contributed by atoms with van der Waals surface area (Å²) in [7, 11) is 0. The van der Waals surface area contributed by atoms with Crippen molar-refractivity contribution in [2.45, 2.75) is 19.9 Å². The van der Waals surface area contributed by atoms with Crippen LogP contribution < -0.4 is 14.8 Å². The number of hydrogen-bond donors (Lipinski definition) is 1. The monoisotopic (exact) mass is 285 g/mol. The zero-order valence-electron chi connectivity index (χ0n) is 12.2. The van der Waals surface area contributed by atoms with Crippen LogP contribution in [0.4, 0.5) is 0 Å². The molecule has 110 valence electrons. The zero-order chi connectivity index (χ0) is 15.1. The van der Waals surface area contributed by atoms with Crippen molar-refractivity contribution < 1.29 is 14.3 Å². The zero-order valence-corrected chi connectivity index (χ0v) is 12.2. The van der Waals surface area contributed by atoms with Gasteiger partial charge in [-0.05, 0) is 50.2 Å². The number of hydrogen-bond acceptors (Lipinski definition) is 3. The van der Waals surface area contributed by atoms with Gasteiger partial charge in [-0.25, -0.2) is 0 Å². The van der Waals surface area contributed by atoms with Crippen molar-refractivity contribution in [3.05, 3.63) is 54.6 Å². The van der Waals surface area contributed by atoms with Crippen LogP contribution in [0, 0.1) is 0 Å². The molecule has 0 heterocycles. The molecule has 1 N–H and O–H groups in total. The summed E-state index contributed by atoms with van der Waals surface area (Å²) in [6, 6.07) is 16.8. The fourth-order valence-corrected chi connectivity index (χ4v) is 1.74. The van der Waals surface area contributed by atoms with E-state index in [2.05, 4.69) is 5.32 Å². The highest BCUT2D eigenvalue weighted by Crippen LogP contribution is 2.23. The number of para-hydroxylation sites is 1. The van der Waals surface area contributed by atoms with Gasteiger partial charge in [-0.1, -0.05) is 18.2 Å². The summed E-state index contributed by atoms with van der Waals surface area (Å²) < 4.78 is 11.1. The lowest BCUT2D eigenvalue weighted by Gasteiger charge is -2.10. The summed E-state index contributed by atoms with van der Waals surface area (Å²) in [6.45, 7) is 3.83. The number of carbonyl (C=O) groups is 1. The van der Waals surface area contributed by atoms with Crippen LogP contribution in [0.1, 0.15) is 13.8 Å². The van der Waals surface area contributed by atoms with E-state index in [1.54, 1.807) is 12.1 Å². The predicted octanol–water partition coefficient (Wildman–Crippen LogP) is 3.38. The molecule has 0 fully saturated rings. The number of benzene rings is 2. The van der Waals surface area contributed by atoms with Crippen LogP contribution in [0.3, 0.4) is 0 Å². The third-order valence-electron chi connectivity index (χ3n) is 2.62. The second-order valence-corrected chi connectivity index (χ2v) is 4.90. The second-order valence-electron chi connectivity index (χ2n) is 4.90. The Hall–Kier alpha value is -2.49. The van der Waals surface area contributed by atoms with Crippen molar-refractivity contribution in [2.75, 3.05) is 6.61 Å². The quantitative estimate of drug-likeness (QED) is 0.885. The standard InChI is InChI=1S/C17H19NO3/c1-13(2)18-17(19)12-20-14-8-10-16(11-9-14)21-15-6-4-3-5-7-15/h3-11,13H,12H2,1-2H3,(H,18,19). The summed E-state index contributed by atoms with van der Waals surface area (Å²) in [4.78, 5) is 11.5. The van der Waals surface area contributed by atoms with E-state index < -0.39 is 0 Å². The van der Waals surface area contributed by atoms with Gasteiger partial charge in [-0.3, -0.25) is 4.79 Å². The molecular formula is C17H19NO3. The fraction of sp³-hybridized carbons (Fsp3) is 0.235. The van der Waals surface area contributed by atoms with Crippen LogP contribution in [0.15, 0.2) is 54.6 Å². The molecule has 0 aliphatic heterocycles. The number of rotatable bonds is 6. The first-order chi connectivity index (χ1) is 10.1. The smallest absolute Gasteiger partial charge is 0.258 e. The van der Waals surface area contributed by atoms with Crippen LogP contribution in [-0.4, -0.2) is 18.6 Å². The van der Waals surface area contributed by atoms with E-state index in [1.807, 2.05) is 56.3 Å². The van der Waals surface area contributed by atoms with Crippen molar-refractivity contribution in [1.29, 1.82) is 0 Å². The molecule has 0 spiro atoms. The van der Waals surface area contributed by atoms with Gasteiger partial charge in [0.2, 0.25) is 0 Å². The first-order valence-corrected chi connectivity index (χ1v) is 6.88. The summed E-state index contributed by atoms with van der Waals surface area (Å²) in [5.41, 5.74) is 0. The molecule has 0 atom stereocenters. The lowest BCUT2D eigenvalue weighted by atomic mass is 10.3. The Balaban J connectivity index is 1.86. The molecule has 0 radical (unpaired) electrons. The van der Waals surface area contributed by atoms with Crippen molar-refractivity contribution in [1.82, 2.24) is 5.32 Å². The molecule has 0 unspecified atom stereocenters. The summed E-state index contributed by atoms with van der Waals surface area (Å²) in [5, 5.41) is 2.77. The molecule has 2 rings (SSSR count). The Morgan fingerprint density at radius 1 is 0.952 bits per heavy atom. The highest BCUT2D eigenvalue weighted by atomic mass is 16.5. The first kappa shape index (κ1) is 14.9. The molecule has 0 saturated heterocycles. The van der Waals surface area contributed by atoms with E-state index >= 15 is 0 Å². The van der Waals surface area contributed by atoms with Crippen molar-refractivity contribution >= 4 is 5.91 Å². The van der Waals surface area contributed by atoms with Gasteiger partial charge in [0.25, 0.3) is 5.91 Å².